The minimum absolute atomic E-state index is 0.0222. The van der Waals surface area contributed by atoms with Crippen LogP contribution in [0.1, 0.15) is 20.7 Å². The molecule has 0 aliphatic rings. The molecule has 6 nitrogen and oxygen atoms in total. The molecular formula is C18H13I6NO5. The molecule has 0 saturated heterocycles. The molecule has 12 heteroatoms. The number of hydroxylamine groups is 2. The summed E-state index contributed by atoms with van der Waals surface area (Å²) in [5, 5.41) is 10.9. The fourth-order valence-electron chi connectivity index (χ4n) is 2.16. The fourth-order valence-corrected chi connectivity index (χ4v) is 6.92. The maximum absolute atomic E-state index is 12.3. The fraction of sp³-hybridized carbons (Fsp3) is 0.222. The van der Waals surface area contributed by atoms with Crippen LogP contribution < -0.4 is 0 Å². The number of halogens is 6. The first-order valence-corrected chi connectivity index (χ1v) is 14.6. The number of esters is 2. The molecule has 0 spiro atoms. The van der Waals surface area contributed by atoms with Crippen molar-refractivity contribution in [1.82, 2.24) is 5.06 Å². The van der Waals surface area contributed by atoms with E-state index >= 15 is 0 Å². The molecule has 0 heterocycles. The van der Waals surface area contributed by atoms with Crippen LogP contribution in [-0.4, -0.2) is 48.5 Å². The highest BCUT2D eigenvalue weighted by atomic mass is 127. The van der Waals surface area contributed by atoms with Crippen molar-refractivity contribution in [2.24, 2.45) is 0 Å². The zero-order chi connectivity index (χ0) is 22.4. The standard InChI is InChI=1S/C18H13I6NO5/c19-9-5-11(15(23)13(21)7-9)17(26)29-3-1-25(28)2-4-30-18(27)12-6-10(20)8-14(22)16(12)24/h5-8,28H,1-4H2. The highest BCUT2D eigenvalue weighted by Gasteiger charge is 2.17. The Kier molecular flexibility index (Phi) is 12.6. The summed E-state index contributed by atoms with van der Waals surface area (Å²) in [7, 11) is 0. The minimum Gasteiger partial charge on any atom is -0.461 e. The number of hydrogen-bond acceptors (Lipinski definition) is 6. The van der Waals surface area contributed by atoms with E-state index in [4.69, 9.17) is 9.47 Å². The van der Waals surface area contributed by atoms with Crippen molar-refractivity contribution < 1.29 is 24.3 Å². The van der Waals surface area contributed by atoms with Crippen LogP contribution in [0, 0.1) is 21.4 Å². The van der Waals surface area contributed by atoms with Crippen molar-refractivity contribution in [3.05, 3.63) is 56.8 Å². The summed E-state index contributed by atoms with van der Waals surface area (Å²) in [5.41, 5.74) is 1.01. The molecule has 0 unspecified atom stereocenters. The summed E-state index contributed by atoms with van der Waals surface area (Å²) in [5.74, 6) is -0.864. The first-order valence-electron chi connectivity index (χ1n) is 8.17. The summed E-state index contributed by atoms with van der Waals surface area (Å²) in [6.45, 7) is 0.266. The Morgan fingerprint density at radius 1 is 0.733 bits per heavy atom. The van der Waals surface area contributed by atoms with Crippen LogP contribution in [-0.2, 0) is 9.47 Å². The lowest BCUT2D eigenvalue weighted by Gasteiger charge is -2.15. The lowest BCUT2D eigenvalue weighted by Crippen LogP contribution is -2.29. The number of carbonyl (C=O) groups excluding carboxylic acids is 2. The number of hydrogen-bond donors (Lipinski definition) is 1. The normalized spacial score (nSPS) is 10.9. The van der Waals surface area contributed by atoms with Crippen molar-refractivity contribution in [3.8, 4) is 0 Å². The Morgan fingerprint density at radius 2 is 1.10 bits per heavy atom. The first-order chi connectivity index (χ1) is 14.1. The summed E-state index contributed by atoms with van der Waals surface area (Å²) in [6.07, 6.45) is 0. The van der Waals surface area contributed by atoms with E-state index in [-0.39, 0.29) is 26.3 Å². The summed E-state index contributed by atoms with van der Waals surface area (Å²) in [6, 6.07) is 7.51. The molecule has 0 bridgehead atoms. The molecule has 2 aromatic carbocycles. The summed E-state index contributed by atoms with van der Waals surface area (Å²) >= 11 is 12.9. The van der Waals surface area contributed by atoms with Crippen molar-refractivity contribution in [2.75, 3.05) is 26.3 Å². The van der Waals surface area contributed by atoms with E-state index in [0.29, 0.717) is 11.1 Å². The summed E-state index contributed by atoms with van der Waals surface area (Å²) < 4.78 is 16.1. The zero-order valence-electron chi connectivity index (χ0n) is 14.9. The number of benzene rings is 2. The van der Waals surface area contributed by atoms with Crippen molar-refractivity contribution in [2.45, 2.75) is 0 Å². The third-order valence-electron chi connectivity index (χ3n) is 3.59. The Balaban J connectivity index is 1.77. The Bertz CT molecular complexity index is 880. The molecule has 0 saturated carbocycles. The van der Waals surface area contributed by atoms with Gasteiger partial charge in [-0.1, -0.05) is 0 Å². The van der Waals surface area contributed by atoms with E-state index in [9.17, 15) is 14.8 Å². The van der Waals surface area contributed by atoms with Gasteiger partial charge in [-0.25, -0.2) is 9.59 Å². The molecule has 0 atom stereocenters. The van der Waals surface area contributed by atoms with Gasteiger partial charge in [0.2, 0.25) is 0 Å². The molecule has 1 N–H and O–H groups in total. The number of carbonyl (C=O) groups is 2. The van der Waals surface area contributed by atoms with Gasteiger partial charge in [-0.05, 0) is 160 Å². The van der Waals surface area contributed by atoms with Gasteiger partial charge in [-0.3, -0.25) is 0 Å². The van der Waals surface area contributed by atoms with Crippen molar-refractivity contribution >= 4 is 147 Å². The van der Waals surface area contributed by atoms with Gasteiger partial charge in [0.25, 0.3) is 0 Å². The second-order valence-electron chi connectivity index (χ2n) is 5.72. The van der Waals surface area contributed by atoms with E-state index in [0.717, 1.165) is 26.5 Å². The third kappa shape index (κ3) is 8.47. The molecule has 2 rings (SSSR count). The molecule has 0 amide bonds. The molecule has 162 valence electrons. The van der Waals surface area contributed by atoms with Crippen LogP contribution in [0.5, 0.6) is 0 Å². The van der Waals surface area contributed by atoms with E-state index < -0.39 is 11.9 Å². The minimum atomic E-state index is -0.432. The van der Waals surface area contributed by atoms with Crippen LogP contribution in [0.25, 0.3) is 0 Å². The molecule has 0 aliphatic heterocycles. The Labute approximate surface area is 255 Å². The number of nitrogens with zero attached hydrogens (tertiary/aromatic N) is 1. The quantitative estimate of drug-likeness (QED) is 0.151. The molecule has 30 heavy (non-hydrogen) atoms. The largest absolute Gasteiger partial charge is 0.461 e. The topological polar surface area (TPSA) is 76.1 Å². The van der Waals surface area contributed by atoms with E-state index in [1.54, 1.807) is 12.1 Å². The van der Waals surface area contributed by atoms with Crippen LogP contribution >= 0.6 is 136 Å². The Morgan fingerprint density at radius 3 is 1.47 bits per heavy atom. The number of rotatable bonds is 8. The maximum atomic E-state index is 12.3. The lowest BCUT2D eigenvalue weighted by molar-refractivity contribution is -0.107. The van der Waals surface area contributed by atoms with Crippen molar-refractivity contribution in [3.63, 3.8) is 0 Å². The second-order valence-corrected chi connectivity index (χ2v) is 12.7. The van der Waals surface area contributed by atoms with Gasteiger partial charge in [0.15, 0.2) is 0 Å². The zero-order valence-corrected chi connectivity index (χ0v) is 27.9. The molecule has 0 aromatic heterocycles. The lowest BCUT2D eigenvalue weighted by atomic mass is 10.2. The second kappa shape index (κ2) is 13.5. The van der Waals surface area contributed by atoms with Gasteiger partial charge in [0, 0.05) is 21.4 Å². The van der Waals surface area contributed by atoms with E-state index in [1.165, 1.54) is 0 Å². The van der Waals surface area contributed by atoms with Crippen LogP contribution in [0.3, 0.4) is 0 Å². The maximum Gasteiger partial charge on any atom is 0.339 e. The highest BCUT2D eigenvalue weighted by Crippen LogP contribution is 2.24. The van der Waals surface area contributed by atoms with Gasteiger partial charge >= 0.3 is 11.9 Å². The Hall–Kier alpha value is 1.68. The van der Waals surface area contributed by atoms with Crippen LogP contribution in [0.15, 0.2) is 24.3 Å². The molecular weight excluding hydrogens is 1070 g/mol. The first kappa shape index (κ1) is 27.9. The van der Waals surface area contributed by atoms with Crippen LogP contribution in [0.4, 0.5) is 0 Å². The van der Waals surface area contributed by atoms with E-state index in [1.807, 2.05) is 12.1 Å². The average molecular weight is 1080 g/mol. The van der Waals surface area contributed by atoms with Gasteiger partial charge < -0.3 is 14.7 Å². The average Bonchev–Trinajstić information content (AvgIpc) is 2.67. The van der Waals surface area contributed by atoms with Gasteiger partial charge in [-0.15, -0.1) is 0 Å². The van der Waals surface area contributed by atoms with Gasteiger partial charge in [-0.2, -0.15) is 5.06 Å². The third-order valence-corrected chi connectivity index (χ3v) is 10.9. The predicted octanol–water partition coefficient (Wildman–Crippen LogP) is 6.02. The smallest absolute Gasteiger partial charge is 0.339 e. The number of ether oxygens (including phenoxy) is 2. The van der Waals surface area contributed by atoms with Crippen molar-refractivity contribution in [1.29, 1.82) is 0 Å². The molecule has 0 radical (unpaired) electrons. The SMILES string of the molecule is O=C(OCCN(O)CCOC(=O)c1cc(I)cc(I)c1I)c1cc(I)cc(I)c1I. The highest BCUT2D eigenvalue weighted by molar-refractivity contribution is 14.1. The predicted molar refractivity (Wildman–Crippen MR) is 163 cm³/mol. The molecule has 2 aromatic rings. The monoisotopic (exact) mass is 1080 g/mol. The van der Waals surface area contributed by atoms with Gasteiger partial charge in [0.05, 0.1) is 24.2 Å². The van der Waals surface area contributed by atoms with E-state index in [2.05, 4.69) is 136 Å². The van der Waals surface area contributed by atoms with Gasteiger partial charge in [0.1, 0.15) is 13.2 Å². The molecule has 0 fully saturated rings. The van der Waals surface area contributed by atoms with Crippen LogP contribution in [0.2, 0.25) is 0 Å². The molecule has 0 aliphatic carbocycles. The summed E-state index contributed by atoms with van der Waals surface area (Å²) in [4.78, 5) is 24.6.